The molecule has 0 saturated carbocycles. The van der Waals surface area contributed by atoms with Gasteiger partial charge in [0.25, 0.3) is 0 Å². The van der Waals surface area contributed by atoms with Crippen molar-refractivity contribution in [3.05, 3.63) is 36.2 Å². The molecule has 6 nitrogen and oxygen atoms in total. The van der Waals surface area contributed by atoms with E-state index in [9.17, 15) is 4.79 Å². The second kappa shape index (κ2) is 6.29. The minimum absolute atomic E-state index is 0.0373. The van der Waals surface area contributed by atoms with Crippen molar-refractivity contribution in [1.29, 1.82) is 0 Å². The molecular formula is C14H18N4O2. The van der Waals surface area contributed by atoms with Crippen LogP contribution in [0.1, 0.15) is 5.89 Å². The molecule has 0 spiro atoms. The predicted octanol–water partition coefficient (Wildman–Crippen LogP) is 1.26. The molecule has 0 bridgehead atoms. The van der Waals surface area contributed by atoms with Crippen molar-refractivity contribution in [2.45, 2.75) is 6.54 Å². The van der Waals surface area contributed by atoms with Gasteiger partial charge in [-0.25, -0.2) is 0 Å². The van der Waals surface area contributed by atoms with Crippen LogP contribution < -0.4 is 0 Å². The molecule has 0 saturated heterocycles. The molecule has 2 rings (SSSR count). The number of hydrogen-bond acceptors (Lipinski definition) is 5. The van der Waals surface area contributed by atoms with Crippen LogP contribution in [-0.4, -0.2) is 53.5 Å². The third-order valence-electron chi connectivity index (χ3n) is 2.81. The van der Waals surface area contributed by atoms with E-state index in [1.807, 2.05) is 42.3 Å². The summed E-state index contributed by atoms with van der Waals surface area (Å²) in [6, 6.07) is 9.63. The number of aromatic nitrogens is 2. The number of amides is 1. The van der Waals surface area contributed by atoms with E-state index in [0.29, 0.717) is 24.8 Å². The molecule has 1 aromatic carbocycles. The van der Waals surface area contributed by atoms with Crippen LogP contribution in [0.2, 0.25) is 0 Å². The van der Waals surface area contributed by atoms with Crippen LogP contribution >= 0.6 is 0 Å². The maximum absolute atomic E-state index is 11.6. The summed E-state index contributed by atoms with van der Waals surface area (Å²) in [6.07, 6.45) is 0. The van der Waals surface area contributed by atoms with Gasteiger partial charge in [0, 0.05) is 19.7 Å². The Kier molecular flexibility index (Phi) is 4.47. The molecule has 0 aliphatic carbocycles. The zero-order valence-corrected chi connectivity index (χ0v) is 11.9. The molecule has 0 aliphatic heterocycles. The van der Waals surface area contributed by atoms with Gasteiger partial charge in [0.05, 0.1) is 13.1 Å². The van der Waals surface area contributed by atoms with Gasteiger partial charge < -0.3 is 9.42 Å². The molecule has 2 aromatic rings. The molecule has 6 heteroatoms. The monoisotopic (exact) mass is 274 g/mol. The van der Waals surface area contributed by atoms with E-state index >= 15 is 0 Å². The molecular weight excluding hydrogens is 256 g/mol. The number of benzene rings is 1. The highest BCUT2D eigenvalue weighted by molar-refractivity contribution is 5.77. The van der Waals surface area contributed by atoms with E-state index in [2.05, 4.69) is 10.1 Å². The average Bonchev–Trinajstić information content (AvgIpc) is 2.88. The van der Waals surface area contributed by atoms with Gasteiger partial charge in [-0.2, -0.15) is 4.98 Å². The Hall–Kier alpha value is -2.21. The molecule has 1 heterocycles. The largest absolute Gasteiger partial charge is 0.348 e. The van der Waals surface area contributed by atoms with Crippen LogP contribution in [0.5, 0.6) is 0 Å². The van der Waals surface area contributed by atoms with Crippen molar-refractivity contribution in [2.24, 2.45) is 0 Å². The van der Waals surface area contributed by atoms with Gasteiger partial charge >= 0.3 is 0 Å². The second-order valence-electron chi connectivity index (χ2n) is 4.84. The number of carbonyl (C=O) groups is 1. The van der Waals surface area contributed by atoms with Crippen LogP contribution in [0.25, 0.3) is 11.4 Å². The van der Waals surface area contributed by atoms with Crippen molar-refractivity contribution >= 4 is 5.91 Å². The molecule has 1 amide bonds. The second-order valence-corrected chi connectivity index (χ2v) is 4.84. The van der Waals surface area contributed by atoms with Crippen molar-refractivity contribution in [2.75, 3.05) is 27.7 Å². The van der Waals surface area contributed by atoms with E-state index in [0.717, 1.165) is 5.56 Å². The third kappa shape index (κ3) is 3.64. The summed E-state index contributed by atoms with van der Waals surface area (Å²) < 4.78 is 5.20. The molecule has 106 valence electrons. The minimum atomic E-state index is 0.0373. The Bertz CT molecular complexity index is 566. The molecule has 0 radical (unpaired) electrons. The first kappa shape index (κ1) is 14.2. The fourth-order valence-electron chi connectivity index (χ4n) is 1.68. The van der Waals surface area contributed by atoms with Gasteiger partial charge in [-0.3, -0.25) is 9.69 Å². The Labute approximate surface area is 118 Å². The summed E-state index contributed by atoms with van der Waals surface area (Å²) in [5, 5.41) is 3.95. The topological polar surface area (TPSA) is 62.5 Å². The van der Waals surface area contributed by atoms with Crippen molar-refractivity contribution in [3.63, 3.8) is 0 Å². The van der Waals surface area contributed by atoms with Crippen LogP contribution in [0.3, 0.4) is 0 Å². The molecule has 0 atom stereocenters. The molecule has 0 aliphatic rings. The van der Waals surface area contributed by atoms with Gasteiger partial charge in [-0.05, 0) is 7.05 Å². The predicted molar refractivity (Wildman–Crippen MR) is 74.8 cm³/mol. The lowest BCUT2D eigenvalue weighted by Crippen LogP contribution is -2.34. The number of nitrogens with zero attached hydrogens (tertiary/aromatic N) is 4. The quantitative estimate of drug-likeness (QED) is 0.821. The fraction of sp³-hybridized carbons (Fsp3) is 0.357. The van der Waals surface area contributed by atoms with Gasteiger partial charge in [-0.1, -0.05) is 35.5 Å². The van der Waals surface area contributed by atoms with Crippen molar-refractivity contribution in [1.82, 2.24) is 19.9 Å². The molecule has 0 unspecified atom stereocenters. The number of hydrogen-bond donors (Lipinski definition) is 0. The maximum Gasteiger partial charge on any atom is 0.241 e. The number of rotatable bonds is 5. The Balaban J connectivity index is 1.98. The lowest BCUT2D eigenvalue weighted by molar-refractivity contribution is -0.129. The van der Waals surface area contributed by atoms with E-state index in [1.165, 1.54) is 0 Å². The minimum Gasteiger partial charge on any atom is -0.348 e. The van der Waals surface area contributed by atoms with E-state index in [1.54, 1.807) is 19.0 Å². The summed E-state index contributed by atoms with van der Waals surface area (Å²) in [4.78, 5) is 19.3. The third-order valence-corrected chi connectivity index (χ3v) is 2.81. The highest BCUT2D eigenvalue weighted by Gasteiger charge is 2.13. The summed E-state index contributed by atoms with van der Waals surface area (Å²) >= 11 is 0. The Morgan fingerprint density at radius 1 is 1.20 bits per heavy atom. The summed E-state index contributed by atoms with van der Waals surface area (Å²) in [7, 11) is 5.31. The van der Waals surface area contributed by atoms with E-state index in [4.69, 9.17) is 4.52 Å². The van der Waals surface area contributed by atoms with Gasteiger partial charge in [0.2, 0.25) is 17.6 Å². The highest BCUT2D eigenvalue weighted by atomic mass is 16.5. The SMILES string of the molecule is CN(CC(=O)N(C)C)Cc1nc(-c2ccccc2)no1. The molecule has 0 fully saturated rings. The highest BCUT2D eigenvalue weighted by Crippen LogP contribution is 2.15. The van der Waals surface area contributed by atoms with Crippen LogP contribution in [-0.2, 0) is 11.3 Å². The van der Waals surface area contributed by atoms with Crippen LogP contribution in [0.15, 0.2) is 34.9 Å². The first-order valence-corrected chi connectivity index (χ1v) is 6.33. The van der Waals surface area contributed by atoms with Crippen LogP contribution in [0.4, 0.5) is 0 Å². The lowest BCUT2D eigenvalue weighted by Gasteiger charge is -2.16. The fourth-order valence-corrected chi connectivity index (χ4v) is 1.68. The average molecular weight is 274 g/mol. The Morgan fingerprint density at radius 3 is 2.55 bits per heavy atom. The zero-order chi connectivity index (χ0) is 14.5. The van der Waals surface area contributed by atoms with Crippen molar-refractivity contribution < 1.29 is 9.32 Å². The van der Waals surface area contributed by atoms with Gasteiger partial charge in [0.15, 0.2) is 0 Å². The first-order valence-electron chi connectivity index (χ1n) is 6.33. The van der Waals surface area contributed by atoms with Crippen molar-refractivity contribution in [3.8, 4) is 11.4 Å². The van der Waals surface area contributed by atoms with Crippen LogP contribution in [0, 0.1) is 0 Å². The first-order chi connectivity index (χ1) is 9.56. The molecule has 20 heavy (non-hydrogen) atoms. The molecule has 1 aromatic heterocycles. The summed E-state index contributed by atoms with van der Waals surface area (Å²) in [6.45, 7) is 0.759. The number of carbonyl (C=O) groups excluding carboxylic acids is 1. The standard InChI is InChI=1S/C14H18N4O2/c1-17(2)13(19)10-18(3)9-12-15-14(16-20-12)11-7-5-4-6-8-11/h4-8H,9-10H2,1-3H3. The molecule has 0 N–H and O–H groups in total. The smallest absolute Gasteiger partial charge is 0.241 e. The zero-order valence-electron chi connectivity index (χ0n) is 11.9. The van der Waals surface area contributed by atoms with E-state index in [-0.39, 0.29) is 5.91 Å². The summed E-state index contributed by atoms with van der Waals surface area (Å²) in [5.74, 6) is 1.10. The number of likely N-dealkylation sites (N-methyl/N-ethyl adjacent to an activating group) is 2. The van der Waals surface area contributed by atoms with Gasteiger partial charge in [-0.15, -0.1) is 0 Å². The lowest BCUT2D eigenvalue weighted by atomic mass is 10.2. The maximum atomic E-state index is 11.6. The van der Waals surface area contributed by atoms with Gasteiger partial charge in [0.1, 0.15) is 0 Å². The summed E-state index contributed by atoms with van der Waals surface area (Å²) in [5.41, 5.74) is 0.912. The van der Waals surface area contributed by atoms with E-state index < -0.39 is 0 Å². The Morgan fingerprint density at radius 2 is 1.90 bits per heavy atom. The normalized spacial score (nSPS) is 10.8.